The Labute approximate surface area is 107 Å². The molecule has 0 spiro atoms. The second kappa shape index (κ2) is 8.74. The van der Waals surface area contributed by atoms with Crippen LogP contribution in [0.25, 0.3) is 10.4 Å². The van der Waals surface area contributed by atoms with Crippen LogP contribution in [0.3, 0.4) is 0 Å². The summed E-state index contributed by atoms with van der Waals surface area (Å²) in [6, 6.07) is 0.130. The number of azide groups is 1. The Morgan fingerprint density at radius 2 is 2.33 bits per heavy atom. The first-order valence-corrected chi connectivity index (χ1v) is 6.41. The van der Waals surface area contributed by atoms with Gasteiger partial charge >= 0.3 is 5.97 Å². The third kappa shape index (κ3) is 6.44. The van der Waals surface area contributed by atoms with Crippen LogP contribution in [0.2, 0.25) is 0 Å². The van der Waals surface area contributed by atoms with Gasteiger partial charge in [0.2, 0.25) is 0 Å². The molecule has 0 aromatic heterocycles. The van der Waals surface area contributed by atoms with Crippen molar-refractivity contribution in [2.45, 2.75) is 31.7 Å². The predicted molar refractivity (Wildman–Crippen MR) is 68.3 cm³/mol. The van der Waals surface area contributed by atoms with E-state index in [1.54, 1.807) is 0 Å². The van der Waals surface area contributed by atoms with Crippen LogP contribution < -0.4 is 5.32 Å². The third-order valence-corrected chi connectivity index (χ3v) is 3.06. The van der Waals surface area contributed by atoms with Gasteiger partial charge in [0.25, 0.3) is 0 Å². The van der Waals surface area contributed by atoms with Crippen LogP contribution in [0.5, 0.6) is 0 Å². The first kappa shape index (κ1) is 14.8. The molecule has 0 saturated carbocycles. The molecule has 1 fully saturated rings. The minimum absolute atomic E-state index is 0.130. The Balaban J connectivity index is 1.92. The van der Waals surface area contributed by atoms with Crippen molar-refractivity contribution in [3.05, 3.63) is 10.4 Å². The third-order valence-electron chi connectivity index (χ3n) is 3.06. The van der Waals surface area contributed by atoms with Crippen molar-refractivity contribution in [1.82, 2.24) is 10.2 Å². The van der Waals surface area contributed by atoms with Gasteiger partial charge in [0, 0.05) is 31.0 Å². The normalized spacial score (nSPS) is 19.7. The zero-order valence-electron chi connectivity index (χ0n) is 10.6. The minimum Gasteiger partial charge on any atom is -0.481 e. The number of hydrogen-bond acceptors (Lipinski definition) is 4. The lowest BCUT2D eigenvalue weighted by Crippen LogP contribution is -2.31. The average Bonchev–Trinajstić information content (AvgIpc) is 2.76. The quantitative estimate of drug-likeness (QED) is 0.280. The highest BCUT2D eigenvalue weighted by Gasteiger charge is 2.20. The summed E-state index contributed by atoms with van der Waals surface area (Å²) < 4.78 is 0. The predicted octanol–water partition coefficient (Wildman–Crippen LogP) is 1.22. The van der Waals surface area contributed by atoms with E-state index in [0.29, 0.717) is 0 Å². The second-order valence-corrected chi connectivity index (χ2v) is 4.55. The van der Waals surface area contributed by atoms with E-state index in [-0.39, 0.29) is 12.5 Å². The lowest BCUT2D eigenvalue weighted by atomic mass is 10.2. The van der Waals surface area contributed by atoms with Crippen molar-refractivity contribution >= 4 is 5.97 Å². The maximum absolute atomic E-state index is 10.3. The van der Waals surface area contributed by atoms with Crippen molar-refractivity contribution in [2.24, 2.45) is 5.11 Å². The number of carboxylic acids is 1. The molecule has 18 heavy (non-hydrogen) atoms. The van der Waals surface area contributed by atoms with Crippen molar-refractivity contribution < 1.29 is 9.90 Å². The summed E-state index contributed by atoms with van der Waals surface area (Å²) in [5, 5.41) is 15.5. The summed E-state index contributed by atoms with van der Waals surface area (Å²) in [5.41, 5.74) is 8.33. The van der Waals surface area contributed by atoms with E-state index in [1.165, 1.54) is 0 Å². The number of likely N-dealkylation sites (tertiary alicyclic amines) is 1. The Morgan fingerprint density at radius 3 is 3.06 bits per heavy atom. The number of carboxylic acid groups (broad SMARTS) is 1. The van der Waals surface area contributed by atoms with Crippen molar-refractivity contribution in [1.29, 1.82) is 0 Å². The van der Waals surface area contributed by atoms with Crippen LogP contribution in [0.15, 0.2) is 5.11 Å². The zero-order valence-corrected chi connectivity index (χ0v) is 10.6. The Morgan fingerprint density at radius 1 is 1.50 bits per heavy atom. The molecule has 2 N–H and O–H groups in total. The fourth-order valence-electron chi connectivity index (χ4n) is 2.07. The van der Waals surface area contributed by atoms with Gasteiger partial charge in [0.1, 0.15) is 0 Å². The van der Waals surface area contributed by atoms with Gasteiger partial charge in [-0.3, -0.25) is 4.79 Å². The number of hydrogen-bond donors (Lipinski definition) is 2. The van der Waals surface area contributed by atoms with Gasteiger partial charge in [-0.1, -0.05) is 5.11 Å². The number of rotatable bonds is 9. The molecule has 7 heteroatoms. The molecule has 1 heterocycles. The number of nitrogens with one attached hydrogen (secondary N) is 1. The standard InChI is InChI=1S/C11H21N5O2/c12-15-14-10-4-7-16(9-10)8-6-13-5-2-1-3-11(17)18/h10,13H,1-9H2,(H,17,18). The van der Waals surface area contributed by atoms with Crippen molar-refractivity contribution in [3.63, 3.8) is 0 Å². The minimum atomic E-state index is -0.726. The van der Waals surface area contributed by atoms with Crippen LogP contribution in [-0.2, 0) is 4.79 Å². The maximum atomic E-state index is 10.3. The van der Waals surface area contributed by atoms with E-state index >= 15 is 0 Å². The maximum Gasteiger partial charge on any atom is 0.303 e. The van der Waals surface area contributed by atoms with Crippen LogP contribution in [0.4, 0.5) is 0 Å². The number of nitrogens with zero attached hydrogens (tertiary/aromatic N) is 4. The second-order valence-electron chi connectivity index (χ2n) is 4.55. The van der Waals surface area contributed by atoms with Gasteiger partial charge in [0.05, 0.1) is 6.04 Å². The molecule has 0 aromatic carbocycles. The van der Waals surface area contributed by atoms with Crippen LogP contribution in [0.1, 0.15) is 25.7 Å². The Kier molecular flexibility index (Phi) is 7.17. The first-order chi connectivity index (χ1) is 8.72. The van der Waals surface area contributed by atoms with E-state index in [4.69, 9.17) is 10.6 Å². The summed E-state index contributed by atoms with van der Waals surface area (Å²) in [7, 11) is 0. The monoisotopic (exact) mass is 255 g/mol. The van der Waals surface area contributed by atoms with E-state index in [0.717, 1.165) is 52.0 Å². The molecule has 7 nitrogen and oxygen atoms in total. The van der Waals surface area contributed by atoms with Gasteiger partial charge in [-0.2, -0.15) is 0 Å². The SMILES string of the molecule is [N-]=[N+]=NC1CCN(CCNCCCCC(=O)O)C1. The van der Waals surface area contributed by atoms with Gasteiger partial charge in [0.15, 0.2) is 0 Å². The molecule has 1 rings (SSSR count). The van der Waals surface area contributed by atoms with E-state index in [2.05, 4.69) is 20.2 Å². The van der Waals surface area contributed by atoms with E-state index in [9.17, 15) is 4.79 Å². The molecule has 1 saturated heterocycles. The molecule has 0 aromatic rings. The van der Waals surface area contributed by atoms with Gasteiger partial charge < -0.3 is 15.3 Å². The van der Waals surface area contributed by atoms with Crippen molar-refractivity contribution in [2.75, 3.05) is 32.7 Å². The Hall–Kier alpha value is -1.30. The Bertz CT molecular complexity index is 304. The largest absolute Gasteiger partial charge is 0.481 e. The molecule has 1 atom stereocenters. The van der Waals surface area contributed by atoms with E-state index < -0.39 is 5.97 Å². The molecule has 0 amide bonds. The smallest absolute Gasteiger partial charge is 0.303 e. The molecule has 1 unspecified atom stereocenters. The van der Waals surface area contributed by atoms with Gasteiger partial charge in [-0.25, -0.2) is 0 Å². The van der Waals surface area contributed by atoms with E-state index in [1.807, 2.05) is 0 Å². The number of unbranched alkanes of at least 4 members (excludes halogenated alkanes) is 1. The molecule has 1 aliphatic rings. The van der Waals surface area contributed by atoms with Crippen molar-refractivity contribution in [3.8, 4) is 0 Å². The summed E-state index contributed by atoms with van der Waals surface area (Å²) >= 11 is 0. The molecule has 0 radical (unpaired) electrons. The molecular weight excluding hydrogens is 234 g/mol. The molecule has 0 aliphatic carbocycles. The first-order valence-electron chi connectivity index (χ1n) is 6.41. The summed E-state index contributed by atoms with van der Waals surface area (Å²) in [6.45, 7) is 4.56. The van der Waals surface area contributed by atoms with Gasteiger partial charge in [-0.15, -0.1) is 0 Å². The van der Waals surface area contributed by atoms with Crippen LogP contribution >= 0.6 is 0 Å². The average molecular weight is 255 g/mol. The fourth-order valence-corrected chi connectivity index (χ4v) is 2.07. The van der Waals surface area contributed by atoms with Crippen LogP contribution in [-0.4, -0.2) is 54.7 Å². The molecule has 0 bridgehead atoms. The summed E-state index contributed by atoms with van der Waals surface area (Å²) in [5.74, 6) is -0.726. The topological polar surface area (TPSA) is 101 Å². The highest BCUT2D eigenvalue weighted by atomic mass is 16.4. The fraction of sp³-hybridized carbons (Fsp3) is 0.909. The molecule has 1 aliphatic heterocycles. The lowest BCUT2D eigenvalue weighted by Gasteiger charge is -2.15. The molecule has 102 valence electrons. The van der Waals surface area contributed by atoms with Crippen LogP contribution in [0, 0.1) is 0 Å². The number of aliphatic carboxylic acids is 1. The summed E-state index contributed by atoms with van der Waals surface area (Å²) in [4.78, 5) is 15.4. The zero-order chi connectivity index (χ0) is 13.2. The highest BCUT2D eigenvalue weighted by molar-refractivity contribution is 5.66. The van der Waals surface area contributed by atoms with Gasteiger partial charge in [-0.05, 0) is 37.9 Å². The lowest BCUT2D eigenvalue weighted by molar-refractivity contribution is -0.137. The molecular formula is C11H21N5O2. The number of carbonyl (C=O) groups is 1. The highest BCUT2D eigenvalue weighted by Crippen LogP contribution is 2.11. The summed E-state index contributed by atoms with van der Waals surface area (Å²) in [6.07, 6.45) is 2.82.